The van der Waals surface area contributed by atoms with Crippen LogP contribution >= 0.6 is 11.8 Å². The van der Waals surface area contributed by atoms with Crippen LogP contribution in [0.15, 0.2) is 77.7 Å². The van der Waals surface area contributed by atoms with E-state index in [0.717, 1.165) is 23.1 Å². The van der Waals surface area contributed by atoms with Crippen LogP contribution in [0.25, 0.3) is 0 Å². The molecule has 3 aromatic carbocycles. The number of nitrogens with zero attached hydrogens (tertiary/aromatic N) is 1. The maximum atomic E-state index is 13.9. The summed E-state index contributed by atoms with van der Waals surface area (Å²) in [5.41, 5.74) is 5.49. The van der Waals surface area contributed by atoms with Crippen LogP contribution in [0.5, 0.6) is 0 Å². The van der Waals surface area contributed by atoms with Gasteiger partial charge in [0, 0.05) is 17.5 Å². The van der Waals surface area contributed by atoms with Crippen molar-refractivity contribution in [1.29, 1.82) is 0 Å². The van der Waals surface area contributed by atoms with Crippen LogP contribution < -0.4 is 0 Å². The van der Waals surface area contributed by atoms with Gasteiger partial charge >= 0.3 is 5.97 Å². The molecule has 3 aromatic rings. The molecular weight excluding hydrogens is 526 g/mol. The first-order chi connectivity index (χ1) is 18.4. The zero-order valence-electron chi connectivity index (χ0n) is 23.4. The molecule has 0 aliphatic carbocycles. The Kier molecular flexibility index (Phi) is 8.94. The Bertz CT molecular complexity index is 1380. The van der Waals surface area contributed by atoms with Gasteiger partial charge in [0.05, 0.1) is 16.9 Å². The van der Waals surface area contributed by atoms with Crippen molar-refractivity contribution in [3.63, 3.8) is 0 Å². The number of rotatable bonds is 8. The molecule has 4 rings (SSSR count). The van der Waals surface area contributed by atoms with Crippen molar-refractivity contribution in [1.82, 2.24) is 4.31 Å². The monoisotopic (exact) mass is 565 g/mol. The van der Waals surface area contributed by atoms with E-state index in [4.69, 9.17) is 0 Å². The minimum atomic E-state index is -3.91. The van der Waals surface area contributed by atoms with Crippen LogP contribution in [0.3, 0.4) is 0 Å². The number of thioether (sulfide) groups is 1. The number of hydrogen-bond donors (Lipinski definition) is 1. The van der Waals surface area contributed by atoms with Crippen LogP contribution in [-0.2, 0) is 32.4 Å². The van der Waals surface area contributed by atoms with Crippen molar-refractivity contribution in [2.24, 2.45) is 5.92 Å². The highest BCUT2D eigenvalue weighted by Gasteiger charge is 2.45. The van der Waals surface area contributed by atoms with E-state index in [0.29, 0.717) is 12.2 Å². The molecule has 0 radical (unpaired) electrons. The number of hydrogen-bond acceptors (Lipinski definition) is 4. The van der Waals surface area contributed by atoms with Gasteiger partial charge in [-0.15, -0.1) is 0 Å². The summed E-state index contributed by atoms with van der Waals surface area (Å²) >= 11 is 1.61. The Morgan fingerprint density at radius 1 is 0.949 bits per heavy atom. The fourth-order valence-corrected chi connectivity index (χ4v) is 8.06. The Balaban J connectivity index is 1.65. The highest BCUT2D eigenvalue weighted by Crippen LogP contribution is 2.43. The van der Waals surface area contributed by atoms with Crippen molar-refractivity contribution in [3.05, 3.63) is 101 Å². The number of sulfonamides is 1. The predicted octanol–water partition coefficient (Wildman–Crippen LogP) is 6.99. The first-order valence-electron chi connectivity index (χ1n) is 13.5. The molecule has 0 saturated carbocycles. The largest absolute Gasteiger partial charge is 0.481 e. The molecule has 1 saturated heterocycles. The lowest BCUT2D eigenvalue weighted by Crippen LogP contribution is -2.49. The van der Waals surface area contributed by atoms with E-state index in [1.165, 1.54) is 15.4 Å². The van der Waals surface area contributed by atoms with Crippen molar-refractivity contribution in [2.75, 3.05) is 6.54 Å². The molecule has 39 heavy (non-hydrogen) atoms. The molecule has 7 heteroatoms. The highest BCUT2D eigenvalue weighted by atomic mass is 32.2. The second-order valence-corrected chi connectivity index (χ2v) is 14.6. The van der Waals surface area contributed by atoms with E-state index < -0.39 is 28.0 Å². The van der Waals surface area contributed by atoms with Crippen molar-refractivity contribution in [3.8, 4) is 0 Å². The van der Waals surface area contributed by atoms with Gasteiger partial charge in [-0.1, -0.05) is 93.9 Å². The Hall–Kier alpha value is -2.61. The molecule has 0 aromatic heterocycles. The third-order valence-corrected chi connectivity index (χ3v) is 11.0. The van der Waals surface area contributed by atoms with Gasteiger partial charge in [0.25, 0.3) is 0 Å². The molecular formula is C32H39NO4S2. The molecule has 208 valence electrons. The maximum Gasteiger partial charge on any atom is 0.308 e. The minimum absolute atomic E-state index is 0.0631. The van der Waals surface area contributed by atoms with Gasteiger partial charge in [0.2, 0.25) is 10.0 Å². The first kappa shape index (κ1) is 29.4. The van der Waals surface area contributed by atoms with Crippen molar-refractivity contribution >= 4 is 27.8 Å². The first-order valence-corrected chi connectivity index (χ1v) is 16.0. The second kappa shape index (κ2) is 11.9. The SMILES string of the molecule is CCc1ccc([C@@H]2C[C@@H](SCc3ccc(C(C)(C)C)cc3)[C@H](C(=O)O)CN2S(=O)(=O)c2ccc(C)cc2)cc1. The summed E-state index contributed by atoms with van der Waals surface area (Å²) in [4.78, 5) is 12.7. The number of aryl methyl sites for hydroxylation is 2. The number of carboxylic acid groups (broad SMARTS) is 1. The summed E-state index contributed by atoms with van der Waals surface area (Å²) in [5.74, 6) is -1.10. The van der Waals surface area contributed by atoms with Crippen molar-refractivity contribution < 1.29 is 18.3 Å². The average molecular weight is 566 g/mol. The zero-order valence-corrected chi connectivity index (χ0v) is 25.1. The third-order valence-electron chi connectivity index (χ3n) is 7.63. The molecule has 1 heterocycles. The second-order valence-electron chi connectivity index (χ2n) is 11.5. The number of aliphatic carboxylic acids is 1. The molecule has 1 aliphatic rings. The fourth-order valence-electron chi connectivity index (χ4n) is 5.06. The smallest absolute Gasteiger partial charge is 0.308 e. The summed E-state index contributed by atoms with van der Waals surface area (Å²) in [6, 6.07) is 22.9. The standard InChI is InChI=1S/C32H39NO4S2/c1-6-23-9-13-25(14-10-23)29-19-30(38-21-24-11-15-26(16-12-24)32(3,4)5)28(31(34)35)20-33(29)39(36,37)27-17-7-22(2)8-18-27/h7-18,28-30H,6,19-21H2,1-5H3,(H,34,35)/t28-,29+,30-/m1/s1. The Labute approximate surface area is 237 Å². The van der Waals surface area contributed by atoms with E-state index in [1.807, 2.05) is 31.2 Å². The summed E-state index contributed by atoms with van der Waals surface area (Å²) in [6.07, 6.45) is 1.32. The van der Waals surface area contributed by atoms with Crippen LogP contribution in [0.4, 0.5) is 0 Å². The zero-order chi connectivity index (χ0) is 28.4. The van der Waals surface area contributed by atoms with E-state index in [2.05, 4.69) is 52.0 Å². The molecule has 5 nitrogen and oxygen atoms in total. The minimum Gasteiger partial charge on any atom is -0.481 e. The topological polar surface area (TPSA) is 74.7 Å². The van der Waals surface area contributed by atoms with Gasteiger partial charge in [0.1, 0.15) is 0 Å². The van der Waals surface area contributed by atoms with Gasteiger partial charge < -0.3 is 5.11 Å². The van der Waals surface area contributed by atoms with Gasteiger partial charge in [-0.2, -0.15) is 16.1 Å². The lowest BCUT2D eigenvalue weighted by molar-refractivity contribution is -0.143. The molecule has 1 N–H and O–H groups in total. The Morgan fingerprint density at radius 3 is 2.08 bits per heavy atom. The summed E-state index contributed by atoms with van der Waals surface area (Å²) in [5, 5.41) is 9.98. The lowest BCUT2D eigenvalue weighted by atomic mass is 9.87. The summed E-state index contributed by atoms with van der Waals surface area (Å²) in [6.45, 7) is 10.5. The molecule has 3 atom stereocenters. The van der Waals surface area contributed by atoms with E-state index in [1.54, 1.807) is 36.0 Å². The van der Waals surface area contributed by atoms with E-state index >= 15 is 0 Å². The van der Waals surface area contributed by atoms with Crippen LogP contribution in [0.1, 0.15) is 68.0 Å². The average Bonchev–Trinajstić information content (AvgIpc) is 2.91. The summed E-state index contributed by atoms with van der Waals surface area (Å²) < 4.78 is 29.2. The molecule has 0 unspecified atom stereocenters. The van der Waals surface area contributed by atoms with E-state index in [-0.39, 0.29) is 22.1 Å². The van der Waals surface area contributed by atoms with Crippen molar-refractivity contribution in [2.45, 2.75) is 74.8 Å². The third kappa shape index (κ3) is 6.76. The van der Waals surface area contributed by atoms with Gasteiger partial charge in [-0.05, 0) is 59.6 Å². The van der Waals surface area contributed by atoms with Crippen LogP contribution in [0, 0.1) is 12.8 Å². The molecule has 0 bridgehead atoms. The maximum absolute atomic E-state index is 13.9. The summed E-state index contributed by atoms with van der Waals surface area (Å²) in [7, 11) is -3.91. The molecule has 1 fully saturated rings. The lowest BCUT2D eigenvalue weighted by Gasteiger charge is -2.42. The normalized spacial score (nSPS) is 20.6. The quantitative estimate of drug-likeness (QED) is 0.319. The number of carbonyl (C=O) groups is 1. The van der Waals surface area contributed by atoms with Crippen LogP contribution in [-0.4, -0.2) is 35.6 Å². The predicted molar refractivity (Wildman–Crippen MR) is 160 cm³/mol. The van der Waals surface area contributed by atoms with Gasteiger partial charge in [-0.25, -0.2) is 8.42 Å². The molecule has 1 aliphatic heterocycles. The van der Waals surface area contributed by atoms with Gasteiger partial charge in [-0.3, -0.25) is 4.79 Å². The Morgan fingerprint density at radius 2 is 1.54 bits per heavy atom. The number of piperidine rings is 1. The number of benzene rings is 3. The highest BCUT2D eigenvalue weighted by molar-refractivity contribution is 7.99. The van der Waals surface area contributed by atoms with E-state index in [9.17, 15) is 18.3 Å². The van der Waals surface area contributed by atoms with Gasteiger partial charge in [0.15, 0.2) is 0 Å². The van der Waals surface area contributed by atoms with Crippen LogP contribution in [0.2, 0.25) is 0 Å². The fraction of sp³-hybridized carbons (Fsp3) is 0.406. The molecule has 0 amide bonds. The number of carboxylic acids is 1. The molecule has 0 spiro atoms.